The van der Waals surface area contributed by atoms with E-state index in [2.05, 4.69) is 32.7 Å². The van der Waals surface area contributed by atoms with Crippen LogP contribution in [0.25, 0.3) is 0 Å². The van der Waals surface area contributed by atoms with Gasteiger partial charge in [-0.3, -0.25) is 4.99 Å². The summed E-state index contributed by atoms with van der Waals surface area (Å²) in [7, 11) is 3.49. The first kappa shape index (κ1) is 24.2. The third-order valence-electron chi connectivity index (χ3n) is 5.48. The van der Waals surface area contributed by atoms with Crippen LogP contribution in [0.5, 0.6) is 5.75 Å². The fourth-order valence-electron chi connectivity index (χ4n) is 3.76. The largest absolute Gasteiger partial charge is 0.497 e. The van der Waals surface area contributed by atoms with Gasteiger partial charge < -0.3 is 20.3 Å². The highest BCUT2D eigenvalue weighted by Crippen LogP contribution is 2.26. The number of benzene rings is 2. The molecule has 1 atom stereocenters. The molecule has 0 radical (unpaired) electrons. The Hall–Kier alpha value is -2.03. The molecule has 0 bridgehead atoms. The van der Waals surface area contributed by atoms with Gasteiger partial charge in [0.2, 0.25) is 0 Å². The maximum atomic E-state index is 13.2. The molecule has 1 fully saturated rings. The Balaban J connectivity index is 0.00000320. The van der Waals surface area contributed by atoms with E-state index in [1.54, 1.807) is 20.2 Å². The van der Waals surface area contributed by atoms with Crippen molar-refractivity contribution in [1.29, 1.82) is 0 Å². The fraction of sp³-hybridized carbons (Fsp3) is 0.435. The maximum Gasteiger partial charge on any atom is 0.190 e. The summed E-state index contributed by atoms with van der Waals surface area (Å²) in [5, 5.41) is 6.80. The molecule has 1 unspecified atom stereocenters. The Morgan fingerprint density at radius 3 is 2.80 bits per heavy atom. The Morgan fingerprint density at radius 2 is 2.07 bits per heavy atom. The normalized spacial score (nSPS) is 16.2. The van der Waals surface area contributed by atoms with Crippen molar-refractivity contribution >= 4 is 35.6 Å². The first-order chi connectivity index (χ1) is 14.1. The summed E-state index contributed by atoms with van der Waals surface area (Å²) in [6, 6.07) is 13.2. The molecule has 1 aliphatic rings. The molecule has 2 N–H and O–H groups in total. The van der Waals surface area contributed by atoms with Gasteiger partial charge in [0.05, 0.1) is 7.11 Å². The molecule has 0 aromatic heterocycles. The summed E-state index contributed by atoms with van der Waals surface area (Å²) in [5.41, 5.74) is 3.35. The van der Waals surface area contributed by atoms with Gasteiger partial charge in [0, 0.05) is 45.0 Å². The van der Waals surface area contributed by atoms with Crippen molar-refractivity contribution in [1.82, 2.24) is 10.6 Å². The first-order valence-corrected chi connectivity index (χ1v) is 10.2. The number of hydrogen-bond donors (Lipinski definition) is 2. The van der Waals surface area contributed by atoms with E-state index < -0.39 is 0 Å². The number of hydrogen-bond acceptors (Lipinski definition) is 3. The van der Waals surface area contributed by atoms with E-state index in [4.69, 9.17) is 4.74 Å². The van der Waals surface area contributed by atoms with Crippen molar-refractivity contribution in [3.05, 3.63) is 59.4 Å². The van der Waals surface area contributed by atoms with Gasteiger partial charge in [0.25, 0.3) is 0 Å². The van der Waals surface area contributed by atoms with E-state index >= 15 is 0 Å². The molecule has 1 heterocycles. The van der Waals surface area contributed by atoms with Gasteiger partial charge in [-0.1, -0.05) is 12.1 Å². The highest BCUT2D eigenvalue weighted by Gasteiger charge is 2.23. The lowest BCUT2D eigenvalue weighted by Gasteiger charge is -2.20. The number of methoxy groups -OCH3 is 1. The van der Waals surface area contributed by atoms with Crippen LogP contribution in [0.4, 0.5) is 10.1 Å². The van der Waals surface area contributed by atoms with Crippen LogP contribution in [-0.4, -0.2) is 46.3 Å². The smallest absolute Gasteiger partial charge is 0.190 e. The summed E-state index contributed by atoms with van der Waals surface area (Å²) in [4.78, 5) is 6.73. The molecule has 0 amide bonds. The maximum absolute atomic E-state index is 13.2. The van der Waals surface area contributed by atoms with Crippen molar-refractivity contribution in [3.8, 4) is 5.75 Å². The minimum Gasteiger partial charge on any atom is -0.497 e. The zero-order valence-corrected chi connectivity index (χ0v) is 20.3. The van der Waals surface area contributed by atoms with Crippen molar-refractivity contribution < 1.29 is 9.13 Å². The van der Waals surface area contributed by atoms with E-state index in [0.717, 1.165) is 61.9 Å². The Labute approximate surface area is 196 Å². The number of aliphatic imine (C=N–C) groups is 1. The van der Waals surface area contributed by atoms with Crippen LogP contribution in [0.15, 0.2) is 47.5 Å². The number of guanidine groups is 1. The Bertz CT molecular complexity index is 846. The number of ether oxygens (including phenoxy) is 1. The van der Waals surface area contributed by atoms with Gasteiger partial charge in [-0.2, -0.15) is 0 Å². The van der Waals surface area contributed by atoms with E-state index in [-0.39, 0.29) is 29.8 Å². The van der Waals surface area contributed by atoms with Crippen LogP contribution in [0, 0.1) is 18.7 Å². The van der Waals surface area contributed by atoms with Gasteiger partial charge in [0.15, 0.2) is 5.96 Å². The van der Waals surface area contributed by atoms with Crippen molar-refractivity contribution in [2.75, 3.05) is 45.2 Å². The standard InChI is InChI=1S/C23H31FN4O.HI/c1-17-13-20(24)8-7-19(17)9-11-26-23(25-2)27-15-18-10-12-28(16-18)21-5-4-6-22(14-21)29-3;/h4-8,13-14,18H,9-12,15-16H2,1-3H3,(H2,25,26,27);1H. The van der Waals surface area contributed by atoms with E-state index in [1.165, 1.54) is 11.8 Å². The molecular weight excluding hydrogens is 494 g/mol. The number of nitrogens with zero attached hydrogens (tertiary/aromatic N) is 2. The van der Waals surface area contributed by atoms with Gasteiger partial charge in [-0.05, 0) is 61.1 Å². The van der Waals surface area contributed by atoms with Gasteiger partial charge in [0.1, 0.15) is 11.6 Å². The lowest BCUT2D eigenvalue weighted by Crippen LogP contribution is -2.41. The predicted molar refractivity (Wildman–Crippen MR) is 133 cm³/mol. The minimum atomic E-state index is -0.184. The quantitative estimate of drug-likeness (QED) is 0.326. The molecule has 30 heavy (non-hydrogen) atoms. The fourth-order valence-corrected chi connectivity index (χ4v) is 3.76. The highest BCUT2D eigenvalue weighted by atomic mass is 127. The summed E-state index contributed by atoms with van der Waals surface area (Å²) < 4.78 is 18.6. The molecule has 0 saturated carbocycles. The Morgan fingerprint density at radius 1 is 1.23 bits per heavy atom. The summed E-state index contributed by atoms with van der Waals surface area (Å²) in [6.45, 7) is 5.66. The average Bonchev–Trinajstić information content (AvgIpc) is 3.21. The van der Waals surface area contributed by atoms with E-state index in [0.29, 0.717) is 5.92 Å². The van der Waals surface area contributed by atoms with Crippen molar-refractivity contribution in [2.24, 2.45) is 10.9 Å². The molecule has 5 nitrogen and oxygen atoms in total. The Kier molecular flexibility index (Phi) is 9.68. The third-order valence-corrected chi connectivity index (χ3v) is 5.48. The molecule has 2 aromatic rings. The predicted octanol–water partition coefficient (Wildman–Crippen LogP) is 3.99. The summed E-state index contributed by atoms with van der Waals surface area (Å²) in [6.07, 6.45) is 1.98. The molecule has 0 spiro atoms. The second kappa shape index (κ2) is 12.0. The molecule has 1 saturated heterocycles. The SMILES string of the molecule is CN=C(NCCc1ccc(F)cc1C)NCC1CCN(c2cccc(OC)c2)C1.I. The zero-order chi connectivity index (χ0) is 20.6. The number of anilines is 1. The average molecular weight is 526 g/mol. The molecule has 3 rings (SSSR count). The molecular formula is C23H32FIN4O. The van der Waals surface area contributed by atoms with Crippen LogP contribution >= 0.6 is 24.0 Å². The molecule has 0 aliphatic carbocycles. The van der Waals surface area contributed by atoms with Crippen molar-refractivity contribution in [3.63, 3.8) is 0 Å². The van der Waals surface area contributed by atoms with E-state index in [9.17, 15) is 4.39 Å². The lowest BCUT2D eigenvalue weighted by molar-refractivity contribution is 0.415. The van der Waals surface area contributed by atoms with Crippen LogP contribution in [0.2, 0.25) is 0 Å². The second-order valence-corrected chi connectivity index (χ2v) is 7.50. The van der Waals surface area contributed by atoms with Crippen LogP contribution in [0.3, 0.4) is 0 Å². The number of halogens is 2. The first-order valence-electron chi connectivity index (χ1n) is 10.2. The monoisotopic (exact) mass is 526 g/mol. The van der Waals surface area contributed by atoms with Gasteiger partial charge >= 0.3 is 0 Å². The number of aryl methyl sites for hydroxylation is 1. The van der Waals surface area contributed by atoms with Crippen LogP contribution < -0.4 is 20.3 Å². The number of nitrogens with one attached hydrogen (secondary N) is 2. The summed E-state index contributed by atoms with van der Waals surface area (Å²) >= 11 is 0. The molecule has 2 aromatic carbocycles. The van der Waals surface area contributed by atoms with Gasteiger partial charge in [-0.25, -0.2) is 4.39 Å². The molecule has 7 heteroatoms. The minimum absolute atomic E-state index is 0. The lowest BCUT2D eigenvalue weighted by atomic mass is 10.1. The second-order valence-electron chi connectivity index (χ2n) is 7.50. The van der Waals surface area contributed by atoms with Crippen LogP contribution in [0.1, 0.15) is 17.5 Å². The number of rotatable bonds is 7. The molecule has 164 valence electrons. The van der Waals surface area contributed by atoms with Crippen molar-refractivity contribution in [2.45, 2.75) is 19.8 Å². The van der Waals surface area contributed by atoms with Gasteiger partial charge in [-0.15, -0.1) is 24.0 Å². The molecule has 1 aliphatic heterocycles. The highest BCUT2D eigenvalue weighted by molar-refractivity contribution is 14.0. The topological polar surface area (TPSA) is 48.9 Å². The van der Waals surface area contributed by atoms with E-state index in [1.807, 2.05) is 25.1 Å². The third kappa shape index (κ3) is 6.75. The summed E-state index contributed by atoms with van der Waals surface area (Å²) in [5.74, 6) is 2.09. The van der Waals surface area contributed by atoms with Crippen LogP contribution in [-0.2, 0) is 6.42 Å². The zero-order valence-electron chi connectivity index (χ0n) is 18.0.